The summed E-state index contributed by atoms with van der Waals surface area (Å²) in [5.74, 6) is 0. The van der Waals surface area contributed by atoms with E-state index in [-0.39, 0.29) is 0 Å². The lowest BCUT2D eigenvalue weighted by Crippen LogP contribution is -2.22. The Hall–Kier alpha value is -0.0800. The lowest BCUT2D eigenvalue weighted by atomic mass is 10.1. The molecule has 2 unspecified atom stereocenters. The number of hydrogen-bond donors (Lipinski definition) is 0. The molecule has 0 saturated carbocycles. The van der Waals surface area contributed by atoms with Crippen molar-refractivity contribution in [2.75, 3.05) is 0 Å². The van der Waals surface area contributed by atoms with Gasteiger partial charge in [-0.1, -0.05) is 0 Å². The second kappa shape index (κ2) is 2.46. The molecule has 8 heavy (non-hydrogen) atoms. The van der Waals surface area contributed by atoms with E-state index in [2.05, 4.69) is 0 Å². The standard InChI is InChI=1S/C6H12O2/c1-5-3-4-6(2)8-7-5/h5-6H,3-4H2,1-2H3. The average molecular weight is 116 g/mol. The van der Waals surface area contributed by atoms with E-state index in [1.807, 2.05) is 13.8 Å². The largest absolute Gasteiger partial charge is 0.233 e. The van der Waals surface area contributed by atoms with Crippen LogP contribution in [0.4, 0.5) is 0 Å². The fourth-order valence-corrected chi connectivity index (χ4v) is 0.755. The van der Waals surface area contributed by atoms with E-state index < -0.39 is 0 Å². The SMILES string of the molecule is CC1CCC(C)OO1. The Kier molecular flexibility index (Phi) is 1.86. The van der Waals surface area contributed by atoms with Crippen molar-refractivity contribution in [3.05, 3.63) is 0 Å². The molecule has 2 nitrogen and oxygen atoms in total. The molecule has 2 atom stereocenters. The van der Waals surface area contributed by atoms with Gasteiger partial charge in [-0.2, -0.15) is 0 Å². The van der Waals surface area contributed by atoms with Crippen LogP contribution in [0.25, 0.3) is 0 Å². The molecule has 0 spiro atoms. The molecule has 1 aliphatic heterocycles. The van der Waals surface area contributed by atoms with Crippen LogP contribution in [0.1, 0.15) is 26.7 Å². The molecule has 2 heteroatoms. The Morgan fingerprint density at radius 3 is 1.62 bits per heavy atom. The van der Waals surface area contributed by atoms with Crippen molar-refractivity contribution >= 4 is 0 Å². The molecule has 0 aromatic carbocycles. The van der Waals surface area contributed by atoms with E-state index >= 15 is 0 Å². The molecule has 1 rings (SSSR count). The summed E-state index contributed by atoms with van der Waals surface area (Å²) in [6.45, 7) is 4.04. The van der Waals surface area contributed by atoms with Gasteiger partial charge in [0.15, 0.2) is 0 Å². The Balaban J connectivity index is 2.19. The molecule has 1 saturated heterocycles. The van der Waals surface area contributed by atoms with Crippen molar-refractivity contribution in [2.24, 2.45) is 0 Å². The molecule has 1 heterocycles. The van der Waals surface area contributed by atoms with Crippen LogP contribution in [0.5, 0.6) is 0 Å². The zero-order chi connectivity index (χ0) is 5.98. The zero-order valence-corrected chi connectivity index (χ0v) is 5.39. The van der Waals surface area contributed by atoms with Gasteiger partial charge >= 0.3 is 0 Å². The van der Waals surface area contributed by atoms with Crippen molar-refractivity contribution in [3.63, 3.8) is 0 Å². The second-order valence-electron chi connectivity index (χ2n) is 2.39. The lowest BCUT2D eigenvalue weighted by Gasteiger charge is -2.22. The Morgan fingerprint density at radius 1 is 1.00 bits per heavy atom. The Bertz CT molecular complexity index is 54.9. The van der Waals surface area contributed by atoms with Crippen molar-refractivity contribution in [1.82, 2.24) is 0 Å². The Labute approximate surface area is 49.7 Å². The van der Waals surface area contributed by atoms with E-state index in [0.717, 1.165) is 12.8 Å². The highest BCUT2D eigenvalue weighted by atomic mass is 17.2. The van der Waals surface area contributed by atoms with Crippen LogP contribution >= 0.6 is 0 Å². The third-order valence-corrected chi connectivity index (χ3v) is 1.36. The normalized spacial score (nSPS) is 39.8. The fourth-order valence-electron chi connectivity index (χ4n) is 0.755. The van der Waals surface area contributed by atoms with Gasteiger partial charge in [0.25, 0.3) is 0 Å². The summed E-state index contributed by atoms with van der Waals surface area (Å²) in [5.41, 5.74) is 0. The fraction of sp³-hybridized carbons (Fsp3) is 1.00. The molecule has 1 fully saturated rings. The molecule has 0 aliphatic carbocycles. The molecule has 0 aromatic heterocycles. The van der Waals surface area contributed by atoms with Crippen molar-refractivity contribution in [1.29, 1.82) is 0 Å². The van der Waals surface area contributed by atoms with Crippen LogP contribution in [0, 0.1) is 0 Å². The molecular formula is C6H12O2. The highest BCUT2D eigenvalue weighted by Crippen LogP contribution is 2.14. The summed E-state index contributed by atoms with van der Waals surface area (Å²) in [7, 11) is 0. The third-order valence-electron chi connectivity index (χ3n) is 1.36. The van der Waals surface area contributed by atoms with Crippen molar-refractivity contribution in [2.45, 2.75) is 38.9 Å². The Morgan fingerprint density at radius 2 is 1.38 bits per heavy atom. The summed E-state index contributed by atoms with van der Waals surface area (Å²) < 4.78 is 0. The molecule has 1 aliphatic rings. The minimum atomic E-state index is 0.297. The maximum atomic E-state index is 4.89. The molecule has 0 N–H and O–H groups in total. The van der Waals surface area contributed by atoms with Crippen molar-refractivity contribution in [3.8, 4) is 0 Å². The average Bonchev–Trinajstić information content (AvgIpc) is 1.77. The van der Waals surface area contributed by atoms with Gasteiger partial charge in [-0.15, -0.1) is 0 Å². The minimum absolute atomic E-state index is 0.297. The minimum Gasteiger partial charge on any atom is -0.233 e. The third kappa shape index (κ3) is 1.46. The van der Waals surface area contributed by atoms with Gasteiger partial charge in [-0.3, -0.25) is 0 Å². The molecule has 0 radical (unpaired) electrons. The summed E-state index contributed by atoms with van der Waals surface area (Å²) in [4.78, 5) is 9.78. The topological polar surface area (TPSA) is 18.5 Å². The van der Waals surface area contributed by atoms with E-state index in [9.17, 15) is 0 Å². The van der Waals surface area contributed by atoms with Crippen LogP contribution < -0.4 is 0 Å². The first-order valence-electron chi connectivity index (χ1n) is 3.11. The van der Waals surface area contributed by atoms with E-state index in [0.29, 0.717) is 12.2 Å². The van der Waals surface area contributed by atoms with Gasteiger partial charge in [0.05, 0.1) is 12.2 Å². The molecule has 48 valence electrons. The molecule has 0 amide bonds. The van der Waals surface area contributed by atoms with Crippen molar-refractivity contribution < 1.29 is 9.78 Å². The highest BCUT2D eigenvalue weighted by molar-refractivity contribution is 4.57. The summed E-state index contributed by atoms with van der Waals surface area (Å²) in [6, 6.07) is 0. The first-order valence-corrected chi connectivity index (χ1v) is 3.11. The molecular weight excluding hydrogens is 104 g/mol. The van der Waals surface area contributed by atoms with E-state index in [1.165, 1.54) is 0 Å². The smallest absolute Gasteiger partial charge is 0.0903 e. The quantitative estimate of drug-likeness (QED) is 0.446. The van der Waals surface area contributed by atoms with Crippen LogP contribution in [-0.4, -0.2) is 12.2 Å². The van der Waals surface area contributed by atoms with Crippen LogP contribution in [0.2, 0.25) is 0 Å². The van der Waals surface area contributed by atoms with Gasteiger partial charge < -0.3 is 0 Å². The highest BCUT2D eigenvalue weighted by Gasteiger charge is 2.14. The maximum absolute atomic E-state index is 4.89. The molecule has 0 aromatic rings. The van der Waals surface area contributed by atoms with Gasteiger partial charge in [0.2, 0.25) is 0 Å². The van der Waals surface area contributed by atoms with Crippen LogP contribution in [0.3, 0.4) is 0 Å². The van der Waals surface area contributed by atoms with Crippen LogP contribution in [-0.2, 0) is 9.78 Å². The van der Waals surface area contributed by atoms with Gasteiger partial charge in [-0.25, -0.2) is 9.78 Å². The summed E-state index contributed by atoms with van der Waals surface area (Å²) in [6.07, 6.45) is 2.85. The maximum Gasteiger partial charge on any atom is 0.0903 e. The van der Waals surface area contributed by atoms with Gasteiger partial charge in [-0.05, 0) is 26.7 Å². The number of rotatable bonds is 0. The lowest BCUT2D eigenvalue weighted by molar-refractivity contribution is -0.366. The summed E-state index contributed by atoms with van der Waals surface area (Å²) >= 11 is 0. The van der Waals surface area contributed by atoms with Gasteiger partial charge in [0.1, 0.15) is 0 Å². The van der Waals surface area contributed by atoms with E-state index in [4.69, 9.17) is 9.78 Å². The first kappa shape index (κ1) is 6.05. The first-order chi connectivity index (χ1) is 3.79. The van der Waals surface area contributed by atoms with E-state index in [1.54, 1.807) is 0 Å². The monoisotopic (exact) mass is 116 g/mol. The number of hydrogen-bond acceptors (Lipinski definition) is 2. The van der Waals surface area contributed by atoms with Crippen LogP contribution in [0.15, 0.2) is 0 Å². The predicted molar refractivity (Wildman–Crippen MR) is 30.3 cm³/mol. The second-order valence-corrected chi connectivity index (χ2v) is 2.39. The van der Waals surface area contributed by atoms with Gasteiger partial charge in [0, 0.05) is 0 Å². The zero-order valence-electron chi connectivity index (χ0n) is 5.39. The predicted octanol–water partition coefficient (Wildman–Crippen LogP) is 1.51. The molecule has 0 bridgehead atoms. The summed E-state index contributed by atoms with van der Waals surface area (Å²) in [5, 5.41) is 0.